The summed E-state index contributed by atoms with van der Waals surface area (Å²) < 4.78 is 5.01. The van der Waals surface area contributed by atoms with Crippen LogP contribution < -0.4 is 0 Å². The van der Waals surface area contributed by atoms with Crippen molar-refractivity contribution in [1.29, 1.82) is 0 Å². The second-order valence-corrected chi connectivity index (χ2v) is 2.84. The minimum atomic E-state index is -0.165. The molecule has 1 atom stereocenters. The molecule has 1 rings (SSSR count). The van der Waals surface area contributed by atoms with Crippen LogP contribution in [0.25, 0.3) is 0 Å². The fourth-order valence-electron chi connectivity index (χ4n) is 1.42. The zero-order chi connectivity index (χ0) is 8.27. The zero-order valence-electron chi connectivity index (χ0n) is 7.17. The van der Waals surface area contributed by atoms with Gasteiger partial charge in [-0.2, -0.15) is 0 Å². The van der Waals surface area contributed by atoms with Crippen molar-refractivity contribution in [2.45, 2.75) is 25.9 Å². The van der Waals surface area contributed by atoms with Crippen LogP contribution in [0.1, 0.15) is 19.8 Å². The zero-order valence-corrected chi connectivity index (χ0v) is 7.17. The molecule has 1 amide bonds. The number of amides is 1. The highest BCUT2D eigenvalue weighted by Crippen LogP contribution is 2.13. The summed E-state index contributed by atoms with van der Waals surface area (Å²) in [6, 6.07) is 0. The molecule has 11 heavy (non-hydrogen) atoms. The van der Waals surface area contributed by atoms with Gasteiger partial charge in [0.15, 0.2) is 0 Å². The summed E-state index contributed by atoms with van der Waals surface area (Å²) >= 11 is 0. The Balaban J connectivity index is 2.42. The van der Waals surface area contributed by atoms with Crippen LogP contribution in [0.4, 0.5) is 0 Å². The van der Waals surface area contributed by atoms with Gasteiger partial charge in [0.25, 0.3) is 5.91 Å². The lowest BCUT2D eigenvalue weighted by Gasteiger charge is -2.14. The molecule has 1 unspecified atom stereocenters. The summed E-state index contributed by atoms with van der Waals surface area (Å²) in [5.74, 6) is 0.161. The Morgan fingerprint density at radius 3 is 2.91 bits per heavy atom. The molecular weight excluding hydrogens is 142 g/mol. The summed E-state index contributed by atoms with van der Waals surface area (Å²) in [7, 11) is 1.60. The third-order valence-electron chi connectivity index (χ3n) is 2.03. The Morgan fingerprint density at radius 2 is 2.45 bits per heavy atom. The standard InChI is InChI=1S/C8H15NO2/c1-3-5-9-6-4-7(11-2)8(9)10/h7H,3-6H2,1-2H3. The molecule has 0 aromatic rings. The van der Waals surface area contributed by atoms with Crippen LogP contribution >= 0.6 is 0 Å². The van der Waals surface area contributed by atoms with Crippen molar-refractivity contribution >= 4 is 5.91 Å². The van der Waals surface area contributed by atoms with Gasteiger partial charge in [-0.3, -0.25) is 4.79 Å². The molecule has 1 aliphatic rings. The molecule has 0 aromatic heterocycles. The first-order valence-corrected chi connectivity index (χ1v) is 4.11. The number of hydrogen-bond acceptors (Lipinski definition) is 2. The van der Waals surface area contributed by atoms with Crippen LogP contribution in [0.5, 0.6) is 0 Å². The van der Waals surface area contributed by atoms with Crippen molar-refractivity contribution in [1.82, 2.24) is 4.90 Å². The van der Waals surface area contributed by atoms with Gasteiger partial charge in [0.2, 0.25) is 0 Å². The second-order valence-electron chi connectivity index (χ2n) is 2.84. The molecule has 1 saturated heterocycles. The van der Waals surface area contributed by atoms with Gasteiger partial charge < -0.3 is 9.64 Å². The Morgan fingerprint density at radius 1 is 1.73 bits per heavy atom. The van der Waals surface area contributed by atoms with E-state index in [1.165, 1.54) is 0 Å². The predicted octanol–water partition coefficient (Wildman–Crippen LogP) is 0.644. The average molecular weight is 157 g/mol. The lowest BCUT2D eigenvalue weighted by atomic mass is 10.3. The summed E-state index contributed by atoms with van der Waals surface area (Å²) in [6.45, 7) is 3.82. The van der Waals surface area contributed by atoms with E-state index in [0.717, 1.165) is 25.9 Å². The van der Waals surface area contributed by atoms with Gasteiger partial charge in [-0.15, -0.1) is 0 Å². The van der Waals surface area contributed by atoms with Crippen LogP contribution in [0.15, 0.2) is 0 Å². The van der Waals surface area contributed by atoms with Crippen LogP contribution in [-0.4, -0.2) is 37.1 Å². The van der Waals surface area contributed by atoms with E-state index in [4.69, 9.17) is 4.74 Å². The maximum Gasteiger partial charge on any atom is 0.251 e. The first-order chi connectivity index (χ1) is 5.29. The molecular formula is C8H15NO2. The van der Waals surface area contributed by atoms with Crippen LogP contribution in [0, 0.1) is 0 Å². The third kappa shape index (κ3) is 1.71. The van der Waals surface area contributed by atoms with Gasteiger partial charge in [0, 0.05) is 26.6 Å². The number of nitrogens with zero attached hydrogens (tertiary/aromatic N) is 1. The van der Waals surface area contributed by atoms with Crippen molar-refractivity contribution < 1.29 is 9.53 Å². The SMILES string of the molecule is CCCN1CCC(OC)C1=O. The summed E-state index contributed by atoms with van der Waals surface area (Å²) in [6.07, 6.45) is 1.72. The van der Waals surface area contributed by atoms with E-state index >= 15 is 0 Å². The molecule has 0 saturated carbocycles. The lowest BCUT2D eigenvalue weighted by Crippen LogP contribution is -2.30. The quantitative estimate of drug-likeness (QED) is 0.601. The lowest BCUT2D eigenvalue weighted by molar-refractivity contribution is -0.135. The number of ether oxygens (including phenoxy) is 1. The van der Waals surface area contributed by atoms with Gasteiger partial charge in [0.05, 0.1) is 0 Å². The van der Waals surface area contributed by atoms with Gasteiger partial charge >= 0.3 is 0 Å². The Hall–Kier alpha value is -0.570. The topological polar surface area (TPSA) is 29.5 Å². The molecule has 0 spiro atoms. The average Bonchev–Trinajstić information content (AvgIpc) is 2.34. The van der Waals surface area contributed by atoms with Gasteiger partial charge in [-0.05, 0) is 6.42 Å². The number of carbonyl (C=O) groups is 1. The molecule has 0 bridgehead atoms. The fraction of sp³-hybridized carbons (Fsp3) is 0.875. The monoisotopic (exact) mass is 157 g/mol. The van der Waals surface area contributed by atoms with Crippen molar-refractivity contribution in [2.24, 2.45) is 0 Å². The third-order valence-corrected chi connectivity index (χ3v) is 2.03. The smallest absolute Gasteiger partial charge is 0.251 e. The van der Waals surface area contributed by atoms with E-state index in [9.17, 15) is 4.79 Å². The Kier molecular flexibility index (Phi) is 2.88. The second kappa shape index (κ2) is 3.72. The largest absolute Gasteiger partial charge is 0.372 e. The highest BCUT2D eigenvalue weighted by atomic mass is 16.5. The molecule has 1 aliphatic heterocycles. The molecule has 1 fully saturated rings. The predicted molar refractivity (Wildman–Crippen MR) is 42.3 cm³/mol. The molecule has 1 heterocycles. The Labute approximate surface area is 67.3 Å². The maximum absolute atomic E-state index is 11.3. The highest BCUT2D eigenvalue weighted by molar-refractivity contribution is 5.82. The number of methoxy groups -OCH3 is 1. The van der Waals surface area contributed by atoms with E-state index in [-0.39, 0.29) is 12.0 Å². The number of likely N-dealkylation sites (tertiary alicyclic amines) is 1. The minimum absolute atomic E-state index is 0.161. The molecule has 3 heteroatoms. The summed E-state index contributed by atoms with van der Waals surface area (Å²) in [5, 5.41) is 0. The Bertz CT molecular complexity index is 147. The van der Waals surface area contributed by atoms with Gasteiger partial charge in [-0.25, -0.2) is 0 Å². The molecule has 0 N–H and O–H groups in total. The number of rotatable bonds is 3. The first-order valence-electron chi connectivity index (χ1n) is 4.11. The van der Waals surface area contributed by atoms with Crippen LogP contribution in [0.3, 0.4) is 0 Å². The van der Waals surface area contributed by atoms with Crippen LogP contribution in [-0.2, 0) is 9.53 Å². The molecule has 0 radical (unpaired) electrons. The van der Waals surface area contributed by atoms with Crippen molar-refractivity contribution in [2.75, 3.05) is 20.2 Å². The summed E-state index contributed by atoms with van der Waals surface area (Å²) in [4.78, 5) is 13.2. The van der Waals surface area contributed by atoms with Gasteiger partial charge in [0.1, 0.15) is 6.10 Å². The number of hydrogen-bond donors (Lipinski definition) is 0. The van der Waals surface area contributed by atoms with Crippen molar-refractivity contribution in [3.05, 3.63) is 0 Å². The molecule has 0 aromatic carbocycles. The minimum Gasteiger partial charge on any atom is -0.372 e. The van der Waals surface area contributed by atoms with Crippen LogP contribution in [0.2, 0.25) is 0 Å². The van der Waals surface area contributed by atoms with E-state index in [2.05, 4.69) is 6.92 Å². The highest BCUT2D eigenvalue weighted by Gasteiger charge is 2.30. The number of carbonyl (C=O) groups excluding carboxylic acids is 1. The van der Waals surface area contributed by atoms with E-state index in [1.54, 1.807) is 7.11 Å². The molecule has 3 nitrogen and oxygen atoms in total. The molecule has 0 aliphatic carbocycles. The van der Waals surface area contributed by atoms with Crippen molar-refractivity contribution in [3.63, 3.8) is 0 Å². The fourth-order valence-corrected chi connectivity index (χ4v) is 1.42. The first kappa shape index (κ1) is 8.53. The van der Waals surface area contributed by atoms with Crippen molar-refractivity contribution in [3.8, 4) is 0 Å². The summed E-state index contributed by atoms with van der Waals surface area (Å²) in [5.41, 5.74) is 0. The van der Waals surface area contributed by atoms with E-state index in [1.807, 2.05) is 4.90 Å². The van der Waals surface area contributed by atoms with E-state index in [0.29, 0.717) is 0 Å². The normalized spacial score (nSPS) is 24.7. The van der Waals surface area contributed by atoms with E-state index < -0.39 is 0 Å². The van der Waals surface area contributed by atoms with Gasteiger partial charge in [-0.1, -0.05) is 6.92 Å². The maximum atomic E-state index is 11.3. The molecule has 64 valence electrons.